The minimum absolute atomic E-state index is 0.0360. The first-order valence-corrected chi connectivity index (χ1v) is 9.88. The van der Waals surface area contributed by atoms with Crippen molar-refractivity contribution < 1.29 is 23.8 Å². The molecule has 0 unspecified atom stereocenters. The minimum atomic E-state index is -1.06. The quantitative estimate of drug-likeness (QED) is 0.545. The van der Waals surface area contributed by atoms with Gasteiger partial charge in [-0.05, 0) is 62.2 Å². The number of fused-ring (bicyclic) bond motifs is 1. The molecule has 0 radical (unpaired) electrons. The number of methoxy groups -OCH3 is 1. The standard InChI is InChI=1S/C21H24N4O5/c1-29-14-2-4-17-16(10-14)19(24-23-17)20(26)22-11-13-6-8-25(9-7-13)12-15-3-5-18(30-15)21(27)28/h2-5,10,13H,6-9,11-12H2,1H3,(H,22,26)(H,23,24)(H,27,28). The molecule has 1 aliphatic heterocycles. The van der Waals surface area contributed by atoms with Gasteiger partial charge in [-0.25, -0.2) is 4.79 Å². The zero-order chi connectivity index (χ0) is 21.1. The lowest BCUT2D eigenvalue weighted by atomic mass is 9.96. The van der Waals surface area contributed by atoms with E-state index in [-0.39, 0.29) is 11.7 Å². The van der Waals surface area contributed by atoms with Crippen LogP contribution < -0.4 is 10.1 Å². The second-order valence-corrected chi connectivity index (χ2v) is 7.48. The van der Waals surface area contributed by atoms with Crippen LogP contribution in [-0.4, -0.2) is 58.8 Å². The Bertz CT molecular complexity index is 1050. The number of ether oxygens (including phenoxy) is 1. The molecule has 3 N–H and O–H groups in total. The fourth-order valence-electron chi connectivity index (χ4n) is 3.76. The normalized spacial score (nSPS) is 15.4. The number of likely N-dealkylation sites (tertiary alicyclic amines) is 1. The van der Waals surface area contributed by atoms with E-state index in [0.29, 0.717) is 36.2 Å². The third-order valence-electron chi connectivity index (χ3n) is 5.50. The fraction of sp³-hybridized carbons (Fsp3) is 0.381. The number of nitrogens with one attached hydrogen (secondary N) is 2. The Balaban J connectivity index is 1.27. The Morgan fingerprint density at radius 2 is 2.10 bits per heavy atom. The van der Waals surface area contributed by atoms with Crippen LogP contribution in [-0.2, 0) is 6.54 Å². The number of carboxylic acids is 1. The summed E-state index contributed by atoms with van der Waals surface area (Å²) in [6.45, 7) is 2.92. The number of carbonyl (C=O) groups is 2. The number of furan rings is 1. The molecule has 1 aromatic carbocycles. The van der Waals surface area contributed by atoms with Gasteiger partial charge in [-0.1, -0.05) is 0 Å². The Kier molecular flexibility index (Phi) is 5.71. The van der Waals surface area contributed by atoms with E-state index in [1.165, 1.54) is 6.07 Å². The summed E-state index contributed by atoms with van der Waals surface area (Å²) in [6.07, 6.45) is 1.89. The van der Waals surface area contributed by atoms with E-state index in [4.69, 9.17) is 14.3 Å². The molecule has 9 nitrogen and oxygen atoms in total. The SMILES string of the molecule is COc1ccc2[nH]nc(C(=O)NCC3CCN(Cc4ccc(C(=O)O)o4)CC3)c2c1. The van der Waals surface area contributed by atoms with E-state index >= 15 is 0 Å². The highest BCUT2D eigenvalue weighted by Gasteiger charge is 2.22. The molecule has 1 saturated heterocycles. The van der Waals surface area contributed by atoms with Crippen LogP contribution in [0.2, 0.25) is 0 Å². The maximum Gasteiger partial charge on any atom is 0.371 e. The summed E-state index contributed by atoms with van der Waals surface area (Å²) < 4.78 is 10.6. The number of aromatic amines is 1. The summed E-state index contributed by atoms with van der Waals surface area (Å²) in [6, 6.07) is 8.65. The molecule has 3 aromatic rings. The van der Waals surface area contributed by atoms with E-state index < -0.39 is 5.97 Å². The van der Waals surface area contributed by atoms with E-state index in [1.54, 1.807) is 19.2 Å². The Hall–Kier alpha value is -3.33. The van der Waals surface area contributed by atoms with Gasteiger partial charge >= 0.3 is 5.97 Å². The molecular formula is C21H24N4O5. The van der Waals surface area contributed by atoms with Crippen LogP contribution in [0.1, 0.15) is 39.6 Å². The summed E-state index contributed by atoms with van der Waals surface area (Å²) in [5.74, 6) is 0.423. The molecule has 0 atom stereocenters. The number of aromatic nitrogens is 2. The number of hydrogen-bond acceptors (Lipinski definition) is 6. The number of benzene rings is 1. The van der Waals surface area contributed by atoms with Crippen molar-refractivity contribution in [1.82, 2.24) is 20.4 Å². The number of piperidine rings is 1. The maximum absolute atomic E-state index is 12.6. The molecular weight excluding hydrogens is 388 g/mol. The van der Waals surface area contributed by atoms with E-state index in [0.717, 1.165) is 36.8 Å². The van der Waals surface area contributed by atoms with Crippen LogP contribution in [0.5, 0.6) is 5.75 Å². The van der Waals surface area contributed by atoms with Crippen LogP contribution in [0.15, 0.2) is 34.7 Å². The molecule has 2 aromatic heterocycles. The van der Waals surface area contributed by atoms with Crippen molar-refractivity contribution in [2.45, 2.75) is 19.4 Å². The number of H-pyrrole nitrogens is 1. The average molecular weight is 412 g/mol. The van der Waals surface area contributed by atoms with Gasteiger partial charge < -0.3 is 19.6 Å². The number of rotatable bonds is 7. The number of hydrogen-bond donors (Lipinski definition) is 3. The van der Waals surface area contributed by atoms with Gasteiger partial charge in [0.1, 0.15) is 11.5 Å². The predicted molar refractivity (Wildman–Crippen MR) is 109 cm³/mol. The summed E-state index contributed by atoms with van der Waals surface area (Å²) in [7, 11) is 1.59. The molecule has 158 valence electrons. The first kappa shape index (κ1) is 20.0. The number of nitrogens with zero attached hydrogens (tertiary/aromatic N) is 2. The van der Waals surface area contributed by atoms with Gasteiger partial charge in [0, 0.05) is 11.9 Å². The molecule has 0 spiro atoms. The van der Waals surface area contributed by atoms with Crippen LogP contribution in [0.3, 0.4) is 0 Å². The van der Waals surface area contributed by atoms with Gasteiger partial charge in [0.05, 0.1) is 19.2 Å². The lowest BCUT2D eigenvalue weighted by Crippen LogP contribution is -2.38. The van der Waals surface area contributed by atoms with Crippen molar-refractivity contribution in [1.29, 1.82) is 0 Å². The summed E-state index contributed by atoms with van der Waals surface area (Å²) in [5.41, 5.74) is 1.16. The van der Waals surface area contributed by atoms with Crippen molar-refractivity contribution in [3.05, 3.63) is 47.5 Å². The average Bonchev–Trinajstić information content (AvgIpc) is 3.39. The molecule has 30 heavy (non-hydrogen) atoms. The van der Waals surface area contributed by atoms with Gasteiger partial charge in [0.25, 0.3) is 5.91 Å². The van der Waals surface area contributed by atoms with Crippen molar-refractivity contribution in [3.63, 3.8) is 0 Å². The molecule has 0 saturated carbocycles. The van der Waals surface area contributed by atoms with E-state index in [9.17, 15) is 9.59 Å². The largest absolute Gasteiger partial charge is 0.497 e. The van der Waals surface area contributed by atoms with Gasteiger partial charge in [-0.15, -0.1) is 0 Å². The zero-order valence-electron chi connectivity index (χ0n) is 16.7. The first-order chi connectivity index (χ1) is 14.5. The molecule has 3 heterocycles. The van der Waals surface area contributed by atoms with E-state index in [2.05, 4.69) is 20.4 Å². The van der Waals surface area contributed by atoms with Crippen LogP contribution >= 0.6 is 0 Å². The smallest absolute Gasteiger partial charge is 0.371 e. The molecule has 1 aliphatic rings. The maximum atomic E-state index is 12.6. The molecule has 1 fully saturated rings. The minimum Gasteiger partial charge on any atom is -0.497 e. The first-order valence-electron chi connectivity index (χ1n) is 9.88. The Labute approximate surface area is 173 Å². The number of amides is 1. The summed E-state index contributed by atoms with van der Waals surface area (Å²) in [4.78, 5) is 25.8. The molecule has 0 bridgehead atoms. The summed E-state index contributed by atoms with van der Waals surface area (Å²) in [5, 5.41) is 19.7. The lowest BCUT2D eigenvalue weighted by Gasteiger charge is -2.31. The van der Waals surface area contributed by atoms with Gasteiger partial charge in [0.2, 0.25) is 5.76 Å². The fourth-order valence-corrected chi connectivity index (χ4v) is 3.76. The van der Waals surface area contributed by atoms with Crippen molar-refractivity contribution in [3.8, 4) is 5.75 Å². The molecule has 0 aliphatic carbocycles. The lowest BCUT2D eigenvalue weighted by molar-refractivity contribution is 0.0656. The van der Waals surface area contributed by atoms with Gasteiger partial charge in [0.15, 0.2) is 5.69 Å². The van der Waals surface area contributed by atoms with Gasteiger partial charge in [-0.3, -0.25) is 14.8 Å². The van der Waals surface area contributed by atoms with Crippen molar-refractivity contribution in [2.75, 3.05) is 26.7 Å². The number of carboxylic acid groups (broad SMARTS) is 1. The highest BCUT2D eigenvalue weighted by atomic mass is 16.5. The van der Waals surface area contributed by atoms with Gasteiger partial charge in [-0.2, -0.15) is 5.10 Å². The highest BCUT2D eigenvalue weighted by molar-refractivity contribution is 6.05. The second kappa shape index (κ2) is 8.58. The number of carbonyl (C=O) groups excluding carboxylic acids is 1. The third kappa shape index (κ3) is 4.30. The van der Waals surface area contributed by atoms with Crippen LogP contribution in [0.25, 0.3) is 10.9 Å². The molecule has 1 amide bonds. The Morgan fingerprint density at radius 1 is 1.30 bits per heavy atom. The summed E-state index contributed by atoms with van der Waals surface area (Å²) >= 11 is 0. The highest BCUT2D eigenvalue weighted by Crippen LogP contribution is 2.23. The Morgan fingerprint density at radius 3 is 2.80 bits per heavy atom. The zero-order valence-corrected chi connectivity index (χ0v) is 16.7. The van der Waals surface area contributed by atoms with Crippen LogP contribution in [0, 0.1) is 5.92 Å². The second-order valence-electron chi connectivity index (χ2n) is 7.48. The van der Waals surface area contributed by atoms with E-state index in [1.807, 2.05) is 12.1 Å². The topological polar surface area (TPSA) is 121 Å². The third-order valence-corrected chi connectivity index (χ3v) is 5.50. The number of aromatic carboxylic acids is 1. The van der Waals surface area contributed by atoms with Crippen molar-refractivity contribution >= 4 is 22.8 Å². The van der Waals surface area contributed by atoms with Crippen molar-refractivity contribution in [2.24, 2.45) is 5.92 Å². The molecule has 9 heteroatoms. The van der Waals surface area contributed by atoms with Crippen LogP contribution in [0.4, 0.5) is 0 Å². The molecule has 4 rings (SSSR count). The predicted octanol–water partition coefficient (Wildman–Crippen LogP) is 2.50. The monoisotopic (exact) mass is 412 g/mol.